The van der Waals surface area contributed by atoms with Gasteiger partial charge in [-0.3, -0.25) is 4.79 Å². The number of halogens is 3. The maximum atomic E-state index is 13.4. The highest BCUT2D eigenvalue weighted by Crippen LogP contribution is 2.21. The molecule has 0 spiro atoms. The van der Waals surface area contributed by atoms with Crippen molar-refractivity contribution >= 4 is 17.9 Å². The summed E-state index contributed by atoms with van der Waals surface area (Å²) in [5.74, 6) is -1.00. The Bertz CT molecular complexity index is 1030. The van der Waals surface area contributed by atoms with E-state index in [1.807, 2.05) is 19.9 Å². The van der Waals surface area contributed by atoms with Crippen LogP contribution in [0.25, 0.3) is 0 Å². The molecular weight excluding hydrogens is 461 g/mol. The Labute approximate surface area is 204 Å². The zero-order valence-electron chi connectivity index (χ0n) is 20.6. The number of rotatable bonds is 10. The zero-order valence-corrected chi connectivity index (χ0v) is 20.6. The average molecular weight is 495 g/mol. The number of allylic oxidation sites excluding steroid dienone is 4. The van der Waals surface area contributed by atoms with Gasteiger partial charge in [0.25, 0.3) is 5.56 Å². The summed E-state index contributed by atoms with van der Waals surface area (Å²) in [6.45, 7) is 10.4. The summed E-state index contributed by atoms with van der Waals surface area (Å²) in [6, 6.07) is 5.28. The average Bonchev–Trinajstić information content (AvgIpc) is 2.83. The smallest absolute Gasteiger partial charge is 0.293 e. The second-order valence-electron chi connectivity index (χ2n) is 6.94. The van der Waals surface area contributed by atoms with Crippen LogP contribution in [0.3, 0.4) is 0 Å². The van der Waals surface area contributed by atoms with Gasteiger partial charge in [-0.1, -0.05) is 12.1 Å². The van der Waals surface area contributed by atoms with Crippen LogP contribution in [0.1, 0.15) is 25.0 Å². The van der Waals surface area contributed by atoms with Gasteiger partial charge in [0.2, 0.25) is 5.95 Å². The summed E-state index contributed by atoms with van der Waals surface area (Å²) in [4.78, 5) is 26.2. The number of nitrogens with one attached hydrogen (secondary N) is 1. The van der Waals surface area contributed by atoms with Crippen LogP contribution in [0.15, 0.2) is 65.9 Å². The highest BCUT2D eigenvalue weighted by molar-refractivity contribution is 5.62. The fourth-order valence-electron chi connectivity index (χ4n) is 2.64. The summed E-state index contributed by atoms with van der Waals surface area (Å²) in [6.07, 6.45) is 2.66. The van der Waals surface area contributed by atoms with E-state index in [4.69, 9.17) is 0 Å². The number of alkyl halides is 2. The molecule has 0 fully saturated rings. The number of carbonyl (C=O) groups is 1. The fourth-order valence-corrected chi connectivity index (χ4v) is 2.64. The normalized spacial score (nSPS) is 12.0. The van der Waals surface area contributed by atoms with Crippen molar-refractivity contribution < 1.29 is 22.7 Å². The number of nitrogens with zero attached hydrogens (tertiary/aromatic N) is 3. The summed E-state index contributed by atoms with van der Waals surface area (Å²) in [5.41, 5.74) is 1.77. The Morgan fingerprint density at radius 3 is 2.51 bits per heavy atom. The molecule has 7 nitrogen and oxygen atoms in total. The van der Waals surface area contributed by atoms with Crippen LogP contribution in [0.5, 0.6) is 0 Å². The van der Waals surface area contributed by atoms with E-state index >= 15 is 0 Å². The van der Waals surface area contributed by atoms with Gasteiger partial charge in [0.1, 0.15) is 31.2 Å². The highest BCUT2D eigenvalue weighted by Gasteiger charge is 2.10. The molecule has 1 aromatic heterocycles. The summed E-state index contributed by atoms with van der Waals surface area (Å²) < 4.78 is 45.1. The molecule has 0 aliphatic rings. The van der Waals surface area contributed by atoms with Crippen LogP contribution in [0, 0.1) is 6.92 Å². The molecule has 1 N–H and O–H groups in total. The van der Waals surface area contributed by atoms with Crippen LogP contribution in [0.4, 0.5) is 24.8 Å². The number of hydrogen-bond acceptors (Lipinski definition) is 6. The molecule has 1 heterocycles. The maximum Gasteiger partial charge on any atom is 0.293 e. The number of aromatic nitrogens is 3. The van der Waals surface area contributed by atoms with Crippen molar-refractivity contribution in [2.24, 2.45) is 0 Å². The molecule has 2 aromatic rings. The largest absolute Gasteiger partial charge is 0.385 e. The number of ether oxygens (including phenoxy) is 1. The first kappa shape index (κ1) is 31.5. The van der Waals surface area contributed by atoms with E-state index in [1.54, 1.807) is 19.2 Å². The second-order valence-corrected chi connectivity index (χ2v) is 6.94. The molecule has 192 valence electrons. The Kier molecular flexibility index (Phi) is 16.1. The Morgan fingerprint density at radius 2 is 2.00 bits per heavy atom. The molecule has 1 unspecified atom stereocenters. The minimum Gasteiger partial charge on any atom is -0.385 e. The quantitative estimate of drug-likeness (QED) is 0.284. The molecule has 2 rings (SSSR count). The Morgan fingerprint density at radius 1 is 1.34 bits per heavy atom. The lowest BCUT2D eigenvalue weighted by atomic mass is 10.1. The summed E-state index contributed by atoms with van der Waals surface area (Å²) in [7, 11) is 1.68. The van der Waals surface area contributed by atoms with E-state index in [0.717, 1.165) is 42.4 Å². The van der Waals surface area contributed by atoms with Crippen molar-refractivity contribution in [3.63, 3.8) is 0 Å². The third kappa shape index (κ3) is 12.5. The van der Waals surface area contributed by atoms with Crippen molar-refractivity contribution in [3.8, 4) is 0 Å². The Hall–Kier alpha value is -3.53. The van der Waals surface area contributed by atoms with E-state index < -0.39 is 24.2 Å². The van der Waals surface area contributed by atoms with E-state index in [-0.39, 0.29) is 24.5 Å². The van der Waals surface area contributed by atoms with E-state index in [1.165, 1.54) is 11.6 Å². The maximum absolute atomic E-state index is 13.4. The number of anilines is 2. The van der Waals surface area contributed by atoms with Crippen LogP contribution in [-0.4, -0.2) is 47.6 Å². The molecule has 0 saturated carbocycles. The lowest BCUT2D eigenvalue weighted by molar-refractivity contribution is -0.107. The van der Waals surface area contributed by atoms with Gasteiger partial charge in [-0.25, -0.2) is 17.9 Å². The molecule has 35 heavy (non-hydrogen) atoms. The Balaban J connectivity index is 0.00000174. The fraction of sp³-hybridized carbons (Fsp3) is 0.360. The third-order valence-electron chi connectivity index (χ3n) is 4.16. The van der Waals surface area contributed by atoms with Gasteiger partial charge in [0, 0.05) is 25.8 Å². The van der Waals surface area contributed by atoms with Gasteiger partial charge in [0.15, 0.2) is 0 Å². The van der Waals surface area contributed by atoms with E-state index in [2.05, 4.69) is 33.3 Å². The topological polar surface area (TPSA) is 86.1 Å². The number of aldehydes is 1. The van der Waals surface area contributed by atoms with Crippen molar-refractivity contribution in [1.29, 1.82) is 0 Å². The van der Waals surface area contributed by atoms with Gasteiger partial charge >= 0.3 is 0 Å². The first-order valence-electron chi connectivity index (χ1n) is 10.7. The predicted octanol–water partition coefficient (Wildman–Crippen LogP) is 4.99. The molecule has 0 bridgehead atoms. The molecule has 0 aliphatic carbocycles. The van der Waals surface area contributed by atoms with Gasteiger partial charge < -0.3 is 14.8 Å². The zero-order chi connectivity index (χ0) is 26.8. The summed E-state index contributed by atoms with van der Waals surface area (Å²) >= 11 is 0. The van der Waals surface area contributed by atoms with E-state index in [9.17, 15) is 22.8 Å². The number of hydrogen-bond donors (Lipinski definition) is 1. The van der Waals surface area contributed by atoms with Gasteiger partial charge in [-0.05, 0) is 55.7 Å². The third-order valence-corrected chi connectivity index (χ3v) is 4.16. The molecule has 10 heteroatoms. The molecular formula is C25H33F3N4O3. The standard InChI is InChI=1S/C20H21F3N4O2.C3H8O.C2H4/c1-13-7-15(5-6-28)3-4-18(13)25-20-26-19(29)11-24-27(20)12-16(8-14(2)22)9-17(23)10-21;1-3-4-2;1-2/h3-4,6-9,11,14H,5,10,12H2,1-2H3,(H,25,26,29);3H2,1-2H3;1-2H2/b16-8+,17-9+;;. The van der Waals surface area contributed by atoms with Crippen LogP contribution in [-0.2, 0) is 22.5 Å². The van der Waals surface area contributed by atoms with Crippen molar-refractivity contribution in [2.45, 2.75) is 39.9 Å². The van der Waals surface area contributed by atoms with Crippen molar-refractivity contribution in [1.82, 2.24) is 14.8 Å². The first-order chi connectivity index (χ1) is 16.7. The minimum absolute atomic E-state index is 0.0511. The lowest BCUT2D eigenvalue weighted by Crippen LogP contribution is -2.20. The van der Waals surface area contributed by atoms with E-state index in [0.29, 0.717) is 5.69 Å². The monoisotopic (exact) mass is 494 g/mol. The first-order valence-corrected chi connectivity index (χ1v) is 10.7. The van der Waals surface area contributed by atoms with Crippen molar-refractivity contribution in [3.05, 3.63) is 82.6 Å². The van der Waals surface area contributed by atoms with Gasteiger partial charge in [0.05, 0.1) is 6.54 Å². The molecule has 0 aliphatic heterocycles. The molecule has 0 saturated heterocycles. The predicted molar refractivity (Wildman–Crippen MR) is 133 cm³/mol. The molecule has 0 amide bonds. The molecule has 1 aromatic carbocycles. The van der Waals surface area contributed by atoms with Gasteiger partial charge in [-0.15, -0.1) is 13.2 Å². The number of carbonyl (C=O) groups excluding carboxylic acids is 1. The van der Waals surface area contributed by atoms with Crippen LogP contribution >= 0.6 is 0 Å². The molecule has 1 atom stereocenters. The molecule has 0 radical (unpaired) electrons. The highest BCUT2D eigenvalue weighted by atomic mass is 19.2. The van der Waals surface area contributed by atoms with Crippen LogP contribution < -0.4 is 10.9 Å². The number of aryl methyl sites for hydroxylation is 1. The lowest BCUT2D eigenvalue weighted by Gasteiger charge is -2.15. The summed E-state index contributed by atoms with van der Waals surface area (Å²) in [5, 5.41) is 6.92. The van der Waals surface area contributed by atoms with Crippen molar-refractivity contribution in [2.75, 3.05) is 25.7 Å². The van der Waals surface area contributed by atoms with Crippen LogP contribution in [0.2, 0.25) is 0 Å². The minimum atomic E-state index is -1.40. The van der Waals surface area contributed by atoms with Gasteiger partial charge in [-0.2, -0.15) is 10.1 Å². The number of methoxy groups -OCH3 is 1. The second kappa shape index (κ2) is 17.9. The SMILES string of the molecule is C=C.CCOC.Cc1cc(CC=O)ccc1Nc1nc(=O)cnn1CC(/C=C(/F)CF)=C/C(C)F. The number of benzene rings is 1.